The molecule has 0 spiro atoms. The van der Waals surface area contributed by atoms with Crippen molar-refractivity contribution in [1.29, 1.82) is 0 Å². The van der Waals surface area contributed by atoms with Crippen molar-refractivity contribution in [2.75, 3.05) is 13.1 Å². The van der Waals surface area contributed by atoms with E-state index in [0.717, 1.165) is 36.0 Å². The Morgan fingerprint density at radius 2 is 2.14 bits per heavy atom. The van der Waals surface area contributed by atoms with Crippen LogP contribution in [0.1, 0.15) is 18.4 Å². The van der Waals surface area contributed by atoms with Gasteiger partial charge in [0.25, 0.3) is 0 Å². The summed E-state index contributed by atoms with van der Waals surface area (Å²) in [5, 5.41) is 0.862. The van der Waals surface area contributed by atoms with E-state index < -0.39 is 0 Å². The highest BCUT2D eigenvalue weighted by molar-refractivity contribution is 5.85. The lowest BCUT2D eigenvalue weighted by Crippen LogP contribution is -2.34. The number of pyridine rings is 1. The van der Waals surface area contributed by atoms with Gasteiger partial charge in [0.2, 0.25) is 0 Å². The van der Waals surface area contributed by atoms with Crippen LogP contribution >= 0.6 is 24.8 Å². The summed E-state index contributed by atoms with van der Waals surface area (Å²) in [6, 6.07) is 7.29. The molecule has 21 heavy (non-hydrogen) atoms. The highest BCUT2D eigenvalue weighted by Gasteiger charge is 2.23. The van der Waals surface area contributed by atoms with Gasteiger partial charge in [-0.1, -0.05) is 6.07 Å². The highest BCUT2D eigenvalue weighted by atomic mass is 35.5. The second kappa shape index (κ2) is 7.90. The number of likely N-dealkylation sites (tertiary alicyclic amines) is 1. The summed E-state index contributed by atoms with van der Waals surface area (Å²) in [5.41, 5.74) is 7.64. The van der Waals surface area contributed by atoms with Gasteiger partial charge in [0.1, 0.15) is 5.82 Å². The van der Waals surface area contributed by atoms with Gasteiger partial charge < -0.3 is 5.73 Å². The van der Waals surface area contributed by atoms with Crippen molar-refractivity contribution in [3.05, 3.63) is 41.8 Å². The number of rotatable bonds is 3. The van der Waals surface area contributed by atoms with Crippen LogP contribution in [0.2, 0.25) is 0 Å². The minimum absolute atomic E-state index is 0. The minimum Gasteiger partial charge on any atom is -0.329 e. The van der Waals surface area contributed by atoms with Crippen molar-refractivity contribution in [3.8, 4) is 0 Å². The number of halogens is 3. The Hall–Kier alpha value is -0.940. The Morgan fingerprint density at radius 3 is 2.90 bits per heavy atom. The molecule has 6 heteroatoms. The molecule has 0 bridgehead atoms. The van der Waals surface area contributed by atoms with Crippen LogP contribution in [0.5, 0.6) is 0 Å². The molecule has 1 aromatic carbocycles. The monoisotopic (exact) mass is 331 g/mol. The molecule has 2 N–H and O–H groups in total. The molecule has 1 aliphatic rings. The van der Waals surface area contributed by atoms with Gasteiger partial charge in [-0.15, -0.1) is 24.8 Å². The summed E-state index contributed by atoms with van der Waals surface area (Å²) in [6.45, 7) is 2.43. The number of nitrogens with two attached hydrogens (primary N) is 1. The summed E-state index contributed by atoms with van der Waals surface area (Å²) in [7, 11) is 0. The van der Waals surface area contributed by atoms with Crippen LogP contribution in [0.25, 0.3) is 10.9 Å². The SMILES string of the molecule is Cl.Cl.NCC1CCCN1Cc1cc(F)cc2cccnc12. The topological polar surface area (TPSA) is 42.1 Å². The minimum atomic E-state index is -0.195. The lowest BCUT2D eigenvalue weighted by molar-refractivity contribution is 0.251. The van der Waals surface area contributed by atoms with E-state index in [2.05, 4.69) is 9.88 Å². The Balaban J connectivity index is 0.00000110. The molecule has 3 rings (SSSR count). The maximum Gasteiger partial charge on any atom is 0.124 e. The molecule has 116 valence electrons. The first-order valence-corrected chi connectivity index (χ1v) is 6.75. The van der Waals surface area contributed by atoms with E-state index in [1.54, 1.807) is 12.3 Å². The normalized spacial score (nSPS) is 18.3. The first-order chi connectivity index (χ1) is 9.28. The molecule has 2 aromatic rings. The molecule has 2 heterocycles. The Kier molecular flexibility index (Phi) is 6.81. The maximum absolute atomic E-state index is 13.7. The van der Waals surface area contributed by atoms with E-state index in [-0.39, 0.29) is 30.6 Å². The first kappa shape index (κ1) is 18.1. The van der Waals surface area contributed by atoms with Crippen LogP contribution in [0.4, 0.5) is 4.39 Å². The summed E-state index contributed by atoms with van der Waals surface area (Å²) >= 11 is 0. The standard InChI is InChI=1S/C15H18FN3.2ClH/c16-13-7-11-3-1-5-18-15(11)12(8-13)10-19-6-2-4-14(19)9-17;;/h1,3,5,7-8,14H,2,4,6,9-10,17H2;2*1H. The third-order valence-corrected chi connectivity index (χ3v) is 3.89. The van der Waals surface area contributed by atoms with Crippen LogP contribution < -0.4 is 5.73 Å². The van der Waals surface area contributed by atoms with Crippen LogP contribution in [0.3, 0.4) is 0 Å². The van der Waals surface area contributed by atoms with Gasteiger partial charge in [0.05, 0.1) is 5.52 Å². The van der Waals surface area contributed by atoms with Gasteiger partial charge in [-0.25, -0.2) is 4.39 Å². The Bertz CT molecular complexity index is 594. The number of hydrogen-bond acceptors (Lipinski definition) is 3. The van der Waals surface area contributed by atoms with Gasteiger partial charge in [-0.2, -0.15) is 0 Å². The predicted octanol–water partition coefficient (Wildman–Crippen LogP) is 3.14. The number of benzene rings is 1. The quantitative estimate of drug-likeness (QED) is 0.939. The number of nitrogens with zero attached hydrogens (tertiary/aromatic N) is 2. The maximum atomic E-state index is 13.7. The van der Waals surface area contributed by atoms with Crippen LogP contribution in [-0.2, 0) is 6.54 Å². The van der Waals surface area contributed by atoms with Crippen molar-refractivity contribution < 1.29 is 4.39 Å². The number of fused-ring (bicyclic) bond motifs is 1. The van der Waals surface area contributed by atoms with Crippen molar-refractivity contribution in [2.24, 2.45) is 5.73 Å². The molecule has 0 saturated carbocycles. The summed E-state index contributed by atoms with van der Waals surface area (Å²) < 4.78 is 13.7. The molecule has 0 aliphatic carbocycles. The zero-order valence-electron chi connectivity index (χ0n) is 11.7. The van der Waals surface area contributed by atoms with E-state index in [9.17, 15) is 4.39 Å². The van der Waals surface area contributed by atoms with Crippen LogP contribution in [0, 0.1) is 5.82 Å². The lowest BCUT2D eigenvalue weighted by atomic mass is 10.1. The van der Waals surface area contributed by atoms with E-state index in [1.165, 1.54) is 12.5 Å². The van der Waals surface area contributed by atoms with Crippen molar-refractivity contribution in [3.63, 3.8) is 0 Å². The summed E-state index contributed by atoms with van der Waals surface area (Å²) in [5.74, 6) is -0.195. The molecule has 3 nitrogen and oxygen atoms in total. The predicted molar refractivity (Wildman–Crippen MR) is 88.7 cm³/mol. The van der Waals surface area contributed by atoms with Gasteiger partial charge in [-0.3, -0.25) is 9.88 Å². The van der Waals surface area contributed by atoms with Crippen molar-refractivity contribution >= 4 is 35.7 Å². The first-order valence-electron chi connectivity index (χ1n) is 6.75. The van der Waals surface area contributed by atoms with Crippen LogP contribution in [-0.4, -0.2) is 29.0 Å². The molecule has 0 radical (unpaired) electrons. The van der Waals surface area contributed by atoms with Gasteiger partial charge in [0.15, 0.2) is 0 Å². The average Bonchev–Trinajstić information content (AvgIpc) is 2.86. The van der Waals surface area contributed by atoms with Gasteiger partial charge in [0, 0.05) is 30.7 Å². The fourth-order valence-electron chi connectivity index (χ4n) is 2.94. The van der Waals surface area contributed by atoms with Gasteiger partial charge in [-0.05, 0) is 43.1 Å². The molecule has 1 saturated heterocycles. The summed E-state index contributed by atoms with van der Waals surface area (Å²) in [6.07, 6.45) is 4.06. The molecule has 1 fully saturated rings. The Morgan fingerprint density at radius 1 is 1.33 bits per heavy atom. The fraction of sp³-hybridized carbons (Fsp3) is 0.400. The second-order valence-corrected chi connectivity index (χ2v) is 5.14. The highest BCUT2D eigenvalue weighted by Crippen LogP contribution is 2.24. The van der Waals surface area contributed by atoms with E-state index in [0.29, 0.717) is 12.6 Å². The van der Waals surface area contributed by atoms with Crippen molar-refractivity contribution in [1.82, 2.24) is 9.88 Å². The molecular formula is C15H20Cl2FN3. The summed E-state index contributed by atoms with van der Waals surface area (Å²) in [4.78, 5) is 6.73. The molecule has 0 amide bonds. The third-order valence-electron chi connectivity index (χ3n) is 3.89. The largest absolute Gasteiger partial charge is 0.329 e. The van der Waals surface area contributed by atoms with Crippen molar-refractivity contribution in [2.45, 2.75) is 25.4 Å². The lowest BCUT2D eigenvalue weighted by Gasteiger charge is -2.23. The molecule has 1 atom stereocenters. The zero-order chi connectivity index (χ0) is 13.2. The van der Waals surface area contributed by atoms with E-state index in [1.807, 2.05) is 12.1 Å². The molecule has 1 aromatic heterocycles. The molecular weight excluding hydrogens is 312 g/mol. The van der Waals surface area contributed by atoms with E-state index >= 15 is 0 Å². The second-order valence-electron chi connectivity index (χ2n) is 5.14. The van der Waals surface area contributed by atoms with Gasteiger partial charge >= 0.3 is 0 Å². The number of aromatic nitrogens is 1. The smallest absolute Gasteiger partial charge is 0.124 e. The zero-order valence-corrected chi connectivity index (χ0v) is 13.3. The third kappa shape index (κ3) is 3.83. The Labute approximate surface area is 136 Å². The van der Waals surface area contributed by atoms with E-state index in [4.69, 9.17) is 5.73 Å². The van der Waals surface area contributed by atoms with Crippen LogP contribution in [0.15, 0.2) is 30.5 Å². The average molecular weight is 332 g/mol. The molecule has 1 unspecified atom stereocenters. The number of hydrogen-bond donors (Lipinski definition) is 1. The fourth-order valence-corrected chi connectivity index (χ4v) is 2.94. The molecule has 1 aliphatic heterocycles.